The van der Waals surface area contributed by atoms with Crippen molar-refractivity contribution in [1.82, 2.24) is 14.9 Å². The van der Waals surface area contributed by atoms with E-state index in [9.17, 15) is 4.79 Å². The summed E-state index contributed by atoms with van der Waals surface area (Å²) in [6.45, 7) is 7.12. The first kappa shape index (κ1) is 21.2. The second-order valence-corrected chi connectivity index (χ2v) is 8.12. The van der Waals surface area contributed by atoms with Crippen molar-refractivity contribution in [2.24, 2.45) is 0 Å². The van der Waals surface area contributed by atoms with Crippen LogP contribution in [-0.4, -0.2) is 40.6 Å². The van der Waals surface area contributed by atoms with Crippen LogP contribution in [0, 0.1) is 0 Å². The number of urea groups is 1. The minimum absolute atomic E-state index is 0.0490. The molecule has 0 bridgehead atoms. The van der Waals surface area contributed by atoms with E-state index in [-0.39, 0.29) is 6.03 Å². The number of rotatable bonds is 9. The summed E-state index contributed by atoms with van der Waals surface area (Å²) in [7, 11) is 0. The molecule has 1 aliphatic heterocycles. The Hall–Kier alpha value is -3.02. The molecule has 2 amide bonds. The minimum Gasteiger partial charge on any atom is -0.493 e. The number of aryl methyl sites for hydroxylation is 1. The fourth-order valence-electron chi connectivity index (χ4n) is 4.20. The van der Waals surface area contributed by atoms with Crippen molar-refractivity contribution in [3.63, 3.8) is 0 Å². The zero-order valence-electron chi connectivity index (χ0n) is 18.6. The highest BCUT2D eigenvalue weighted by molar-refractivity contribution is 5.93. The number of anilines is 1. The quantitative estimate of drug-likeness (QED) is 0.463. The maximum Gasteiger partial charge on any atom is 0.324 e. The SMILES string of the molecule is CCCCCOc1cc(N2CCCN(Cc3ccnc4[nH]ccc34)C2=O)ccc1CC. The van der Waals surface area contributed by atoms with Gasteiger partial charge in [0.1, 0.15) is 11.4 Å². The summed E-state index contributed by atoms with van der Waals surface area (Å²) in [5.74, 6) is 0.907. The van der Waals surface area contributed by atoms with Crippen molar-refractivity contribution in [3.05, 3.63) is 53.9 Å². The number of carbonyl (C=O) groups is 1. The summed E-state index contributed by atoms with van der Waals surface area (Å²) in [5.41, 5.74) is 4.08. The number of hydrogen-bond acceptors (Lipinski definition) is 3. The predicted octanol–water partition coefficient (Wildman–Crippen LogP) is 5.53. The van der Waals surface area contributed by atoms with Gasteiger partial charge in [-0.1, -0.05) is 32.8 Å². The first-order valence-electron chi connectivity index (χ1n) is 11.4. The molecule has 3 aromatic rings. The number of unbranched alkanes of at least 4 members (excludes halogenated alkanes) is 2. The highest BCUT2D eigenvalue weighted by Crippen LogP contribution is 2.29. The van der Waals surface area contributed by atoms with Crippen molar-refractivity contribution in [1.29, 1.82) is 0 Å². The van der Waals surface area contributed by atoms with Crippen LogP contribution in [0.5, 0.6) is 5.75 Å². The van der Waals surface area contributed by atoms with E-state index in [1.54, 1.807) is 6.20 Å². The molecule has 0 unspecified atom stereocenters. The van der Waals surface area contributed by atoms with Gasteiger partial charge in [-0.2, -0.15) is 0 Å². The van der Waals surface area contributed by atoms with Crippen LogP contribution in [-0.2, 0) is 13.0 Å². The Kier molecular flexibility index (Phi) is 6.75. The lowest BCUT2D eigenvalue weighted by molar-refractivity contribution is 0.192. The second-order valence-electron chi connectivity index (χ2n) is 8.12. The lowest BCUT2D eigenvalue weighted by Crippen LogP contribution is -2.49. The van der Waals surface area contributed by atoms with Gasteiger partial charge in [0.2, 0.25) is 0 Å². The van der Waals surface area contributed by atoms with E-state index in [0.717, 1.165) is 67.0 Å². The van der Waals surface area contributed by atoms with Crippen LogP contribution in [0.15, 0.2) is 42.7 Å². The third-order valence-electron chi connectivity index (χ3n) is 5.97. The van der Waals surface area contributed by atoms with Gasteiger partial charge in [0.15, 0.2) is 0 Å². The number of pyridine rings is 1. The molecule has 1 N–H and O–H groups in total. The Morgan fingerprint density at radius 1 is 1.10 bits per heavy atom. The molecule has 0 aliphatic carbocycles. The van der Waals surface area contributed by atoms with E-state index in [2.05, 4.69) is 35.9 Å². The van der Waals surface area contributed by atoms with Crippen molar-refractivity contribution >= 4 is 22.8 Å². The largest absolute Gasteiger partial charge is 0.493 e. The molecule has 4 rings (SSSR count). The molecule has 3 heterocycles. The van der Waals surface area contributed by atoms with E-state index < -0.39 is 0 Å². The monoisotopic (exact) mass is 420 g/mol. The van der Waals surface area contributed by atoms with Gasteiger partial charge in [0, 0.05) is 49.2 Å². The Morgan fingerprint density at radius 3 is 2.84 bits per heavy atom. The molecule has 0 radical (unpaired) electrons. The molecule has 0 atom stereocenters. The van der Waals surface area contributed by atoms with Crippen molar-refractivity contribution in [2.45, 2.75) is 52.5 Å². The first-order valence-corrected chi connectivity index (χ1v) is 11.4. The number of aromatic nitrogens is 2. The van der Waals surface area contributed by atoms with Crippen LogP contribution in [0.3, 0.4) is 0 Å². The average molecular weight is 421 g/mol. The van der Waals surface area contributed by atoms with Crippen LogP contribution >= 0.6 is 0 Å². The Morgan fingerprint density at radius 2 is 2.00 bits per heavy atom. The number of H-pyrrole nitrogens is 1. The van der Waals surface area contributed by atoms with Gasteiger partial charge in [-0.15, -0.1) is 0 Å². The molecular weight excluding hydrogens is 388 g/mol. The normalized spacial score (nSPS) is 14.5. The predicted molar refractivity (Wildman–Crippen MR) is 125 cm³/mol. The summed E-state index contributed by atoms with van der Waals surface area (Å²) in [6.07, 6.45) is 8.95. The maximum absolute atomic E-state index is 13.4. The molecule has 1 saturated heterocycles. The standard InChI is InChI=1S/C25H32N4O2/c1-3-5-6-16-31-23-17-21(9-8-19(23)4-2)29-15-7-14-28(25(29)30)18-20-10-12-26-24-22(20)11-13-27-24/h8-13,17H,3-7,14-16,18H2,1-2H3,(H,26,27). The van der Waals surface area contributed by atoms with E-state index in [1.165, 1.54) is 18.4 Å². The zero-order chi connectivity index (χ0) is 21.6. The molecule has 6 heteroatoms. The van der Waals surface area contributed by atoms with Crippen LogP contribution < -0.4 is 9.64 Å². The number of amides is 2. The fourth-order valence-corrected chi connectivity index (χ4v) is 4.20. The number of hydrogen-bond donors (Lipinski definition) is 1. The number of nitrogens with zero attached hydrogens (tertiary/aromatic N) is 3. The summed E-state index contributed by atoms with van der Waals surface area (Å²) >= 11 is 0. The number of benzene rings is 1. The summed E-state index contributed by atoms with van der Waals surface area (Å²) in [5, 5.41) is 1.07. The highest BCUT2D eigenvalue weighted by atomic mass is 16.5. The molecule has 2 aromatic heterocycles. The summed E-state index contributed by atoms with van der Waals surface area (Å²) < 4.78 is 6.10. The topological polar surface area (TPSA) is 61.5 Å². The number of nitrogens with one attached hydrogen (secondary N) is 1. The molecule has 1 fully saturated rings. The van der Waals surface area contributed by atoms with Gasteiger partial charge in [-0.25, -0.2) is 9.78 Å². The van der Waals surface area contributed by atoms with Crippen LogP contribution in [0.1, 0.15) is 50.7 Å². The number of ether oxygens (including phenoxy) is 1. The molecule has 0 saturated carbocycles. The number of aromatic amines is 1. The van der Waals surface area contributed by atoms with E-state index in [4.69, 9.17) is 4.74 Å². The summed E-state index contributed by atoms with van der Waals surface area (Å²) in [4.78, 5) is 24.7. The molecule has 6 nitrogen and oxygen atoms in total. The molecule has 1 aliphatic rings. The Balaban J connectivity index is 1.51. The smallest absolute Gasteiger partial charge is 0.324 e. The van der Waals surface area contributed by atoms with Gasteiger partial charge in [0.25, 0.3) is 0 Å². The molecule has 31 heavy (non-hydrogen) atoms. The molecule has 164 valence electrons. The van der Waals surface area contributed by atoms with Crippen molar-refractivity contribution in [2.75, 3.05) is 24.6 Å². The highest BCUT2D eigenvalue weighted by Gasteiger charge is 2.27. The lowest BCUT2D eigenvalue weighted by atomic mass is 10.1. The third kappa shape index (κ3) is 4.68. The van der Waals surface area contributed by atoms with Crippen LogP contribution in [0.25, 0.3) is 11.0 Å². The van der Waals surface area contributed by atoms with Crippen molar-refractivity contribution < 1.29 is 9.53 Å². The number of fused-ring (bicyclic) bond motifs is 1. The van der Waals surface area contributed by atoms with Crippen LogP contribution in [0.4, 0.5) is 10.5 Å². The maximum atomic E-state index is 13.4. The minimum atomic E-state index is 0.0490. The zero-order valence-corrected chi connectivity index (χ0v) is 18.6. The van der Waals surface area contributed by atoms with E-state index in [1.807, 2.05) is 34.2 Å². The summed E-state index contributed by atoms with van der Waals surface area (Å²) in [6, 6.07) is 10.3. The van der Waals surface area contributed by atoms with Gasteiger partial charge in [0.05, 0.1) is 6.61 Å². The molecule has 1 aromatic carbocycles. The average Bonchev–Trinajstić information content (AvgIpc) is 3.28. The first-order chi connectivity index (χ1) is 15.2. The van der Waals surface area contributed by atoms with Gasteiger partial charge >= 0.3 is 6.03 Å². The second kappa shape index (κ2) is 9.86. The Labute approximate surface area is 184 Å². The molecular formula is C25H32N4O2. The lowest BCUT2D eigenvalue weighted by Gasteiger charge is -2.36. The van der Waals surface area contributed by atoms with Gasteiger partial charge in [-0.05, 0) is 48.6 Å². The number of carbonyl (C=O) groups excluding carboxylic acids is 1. The molecule has 0 spiro atoms. The van der Waals surface area contributed by atoms with Crippen LogP contribution in [0.2, 0.25) is 0 Å². The Bertz CT molecular complexity index is 1030. The van der Waals surface area contributed by atoms with E-state index >= 15 is 0 Å². The fraction of sp³-hybridized carbons (Fsp3) is 0.440. The van der Waals surface area contributed by atoms with Crippen molar-refractivity contribution in [3.8, 4) is 5.75 Å². The third-order valence-corrected chi connectivity index (χ3v) is 5.97. The van der Waals surface area contributed by atoms with E-state index in [0.29, 0.717) is 6.54 Å². The van der Waals surface area contributed by atoms with Gasteiger partial charge in [-0.3, -0.25) is 4.90 Å². The van der Waals surface area contributed by atoms with Gasteiger partial charge < -0.3 is 14.6 Å².